The van der Waals surface area contributed by atoms with Crippen molar-refractivity contribution in [3.8, 4) is 0 Å². The van der Waals surface area contributed by atoms with Gasteiger partial charge in [0.05, 0.1) is 6.04 Å². The number of carbonyl (C=O) groups is 2. The summed E-state index contributed by atoms with van der Waals surface area (Å²) in [6.45, 7) is 2.78. The predicted octanol–water partition coefficient (Wildman–Crippen LogP) is 0.926. The quantitative estimate of drug-likeness (QED) is 0.754. The van der Waals surface area contributed by atoms with Crippen LogP contribution >= 0.6 is 0 Å². The average Bonchev–Trinajstić information content (AvgIpc) is 2.82. The van der Waals surface area contributed by atoms with Crippen LogP contribution in [0.2, 0.25) is 0 Å². The molecule has 0 aromatic heterocycles. The first kappa shape index (κ1) is 13.5. The number of carboxylic acid groups (broad SMARTS) is 1. The summed E-state index contributed by atoms with van der Waals surface area (Å²) < 4.78 is 0. The Labute approximate surface area is 112 Å². The molecule has 0 spiro atoms. The molecule has 102 valence electrons. The molecule has 3 atom stereocenters. The van der Waals surface area contributed by atoms with Crippen molar-refractivity contribution in [2.45, 2.75) is 25.4 Å². The minimum Gasteiger partial charge on any atom is -0.479 e. The van der Waals surface area contributed by atoms with Gasteiger partial charge in [0.2, 0.25) is 5.91 Å². The van der Waals surface area contributed by atoms with Crippen LogP contribution in [0.15, 0.2) is 30.3 Å². The van der Waals surface area contributed by atoms with E-state index in [-0.39, 0.29) is 17.9 Å². The second kappa shape index (κ2) is 5.84. The zero-order valence-corrected chi connectivity index (χ0v) is 10.8. The second-order valence-electron chi connectivity index (χ2n) is 4.89. The molecular formula is C14H18N2O3. The standard InChI is InChI=1S/C14H18N2O3/c1-9-7-8-15-11(9)13(17)16-12(14(18)19)10-5-3-2-4-6-10/h2-6,9,11-12,15H,7-8H2,1H3,(H,16,17)(H,18,19)/t9?,11?,12-/m0/s1. The van der Waals surface area contributed by atoms with Gasteiger partial charge < -0.3 is 15.7 Å². The fraction of sp³-hybridized carbons (Fsp3) is 0.429. The second-order valence-corrected chi connectivity index (χ2v) is 4.89. The molecule has 1 aliphatic rings. The minimum absolute atomic E-state index is 0.227. The van der Waals surface area contributed by atoms with Crippen LogP contribution in [-0.4, -0.2) is 29.6 Å². The molecule has 2 unspecified atom stereocenters. The van der Waals surface area contributed by atoms with Gasteiger partial charge in [0.1, 0.15) is 0 Å². The SMILES string of the molecule is CC1CCNC1C(=O)N[C@H](C(=O)O)c1ccccc1. The summed E-state index contributed by atoms with van der Waals surface area (Å²) in [6, 6.07) is 7.43. The highest BCUT2D eigenvalue weighted by molar-refractivity contribution is 5.88. The maximum absolute atomic E-state index is 12.1. The van der Waals surface area contributed by atoms with Gasteiger partial charge in [-0.2, -0.15) is 0 Å². The highest BCUT2D eigenvalue weighted by Gasteiger charge is 2.32. The van der Waals surface area contributed by atoms with Crippen LogP contribution in [0.5, 0.6) is 0 Å². The van der Waals surface area contributed by atoms with Crippen molar-refractivity contribution in [2.24, 2.45) is 5.92 Å². The highest BCUT2D eigenvalue weighted by atomic mass is 16.4. The van der Waals surface area contributed by atoms with Crippen molar-refractivity contribution in [3.63, 3.8) is 0 Å². The zero-order valence-electron chi connectivity index (χ0n) is 10.8. The first-order valence-electron chi connectivity index (χ1n) is 6.41. The third kappa shape index (κ3) is 3.12. The van der Waals surface area contributed by atoms with Gasteiger partial charge in [0.25, 0.3) is 0 Å². The normalized spacial score (nSPS) is 23.8. The number of rotatable bonds is 4. The Morgan fingerprint density at radius 3 is 2.58 bits per heavy atom. The van der Waals surface area contributed by atoms with Gasteiger partial charge in [-0.25, -0.2) is 4.79 Å². The molecule has 1 aliphatic heterocycles. The first-order valence-corrected chi connectivity index (χ1v) is 6.41. The Kier molecular flexibility index (Phi) is 4.16. The Morgan fingerprint density at radius 2 is 2.05 bits per heavy atom. The van der Waals surface area contributed by atoms with Crippen LogP contribution in [0.25, 0.3) is 0 Å². The molecule has 3 N–H and O–H groups in total. The summed E-state index contributed by atoms with van der Waals surface area (Å²) in [5.41, 5.74) is 0.578. The summed E-state index contributed by atoms with van der Waals surface area (Å²) in [5.74, 6) is -1.07. The van der Waals surface area contributed by atoms with Crippen molar-refractivity contribution in [2.75, 3.05) is 6.54 Å². The van der Waals surface area contributed by atoms with E-state index < -0.39 is 12.0 Å². The summed E-state index contributed by atoms with van der Waals surface area (Å²) in [5, 5.41) is 15.0. The maximum Gasteiger partial charge on any atom is 0.330 e. The van der Waals surface area contributed by atoms with Crippen LogP contribution in [0.3, 0.4) is 0 Å². The fourth-order valence-electron chi connectivity index (χ4n) is 2.35. The number of carboxylic acids is 1. The largest absolute Gasteiger partial charge is 0.479 e. The molecule has 2 rings (SSSR count). The third-order valence-electron chi connectivity index (χ3n) is 3.48. The van der Waals surface area contributed by atoms with Crippen LogP contribution in [0.1, 0.15) is 24.9 Å². The molecule has 1 saturated heterocycles. The topological polar surface area (TPSA) is 78.4 Å². The monoisotopic (exact) mass is 262 g/mol. The Bertz CT molecular complexity index is 461. The van der Waals surface area contributed by atoms with Crippen molar-refractivity contribution in [1.29, 1.82) is 0 Å². The van der Waals surface area contributed by atoms with Gasteiger partial charge in [-0.05, 0) is 24.4 Å². The molecular weight excluding hydrogens is 244 g/mol. The van der Waals surface area contributed by atoms with Crippen LogP contribution in [0.4, 0.5) is 0 Å². The number of carbonyl (C=O) groups excluding carboxylic acids is 1. The Morgan fingerprint density at radius 1 is 1.37 bits per heavy atom. The summed E-state index contributed by atoms with van der Waals surface area (Å²) >= 11 is 0. The lowest BCUT2D eigenvalue weighted by atomic mass is 10.0. The van der Waals surface area contributed by atoms with Crippen molar-refractivity contribution < 1.29 is 14.7 Å². The fourth-order valence-corrected chi connectivity index (χ4v) is 2.35. The van der Waals surface area contributed by atoms with Crippen LogP contribution in [-0.2, 0) is 9.59 Å². The highest BCUT2D eigenvalue weighted by Crippen LogP contribution is 2.17. The molecule has 1 fully saturated rings. The van der Waals surface area contributed by atoms with E-state index >= 15 is 0 Å². The molecule has 1 heterocycles. The molecule has 0 radical (unpaired) electrons. The lowest BCUT2D eigenvalue weighted by Gasteiger charge is -2.20. The van der Waals surface area contributed by atoms with Crippen LogP contribution in [0, 0.1) is 5.92 Å². The molecule has 0 saturated carbocycles. The van der Waals surface area contributed by atoms with Gasteiger partial charge in [-0.1, -0.05) is 37.3 Å². The number of hydrogen-bond acceptors (Lipinski definition) is 3. The molecule has 1 amide bonds. The van der Waals surface area contributed by atoms with Gasteiger partial charge in [-0.3, -0.25) is 4.79 Å². The first-order chi connectivity index (χ1) is 9.09. The number of aliphatic carboxylic acids is 1. The van der Waals surface area contributed by atoms with E-state index in [1.807, 2.05) is 13.0 Å². The van der Waals surface area contributed by atoms with E-state index in [4.69, 9.17) is 0 Å². The predicted molar refractivity (Wildman–Crippen MR) is 70.5 cm³/mol. The number of nitrogens with one attached hydrogen (secondary N) is 2. The van der Waals surface area contributed by atoms with Gasteiger partial charge in [-0.15, -0.1) is 0 Å². The van der Waals surface area contributed by atoms with E-state index in [0.717, 1.165) is 13.0 Å². The molecule has 5 heteroatoms. The smallest absolute Gasteiger partial charge is 0.330 e. The summed E-state index contributed by atoms with van der Waals surface area (Å²) in [7, 11) is 0. The molecule has 0 bridgehead atoms. The lowest BCUT2D eigenvalue weighted by molar-refractivity contribution is -0.142. The molecule has 0 aliphatic carbocycles. The average molecular weight is 262 g/mol. The van der Waals surface area contributed by atoms with Crippen molar-refractivity contribution >= 4 is 11.9 Å². The van der Waals surface area contributed by atoms with E-state index in [9.17, 15) is 14.7 Å². The summed E-state index contributed by atoms with van der Waals surface area (Å²) in [6.07, 6.45) is 0.932. The number of hydrogen-bond donors (Lipinski definition) is 3. The Hall–Kier alpha value is -1.88. The van der Waals surface area contributed by atoms with Gasteiger partial charge in [0.15, 0.2) is 6.04 Å². The number of amides is 1. The van der Waals surface area contributed by atoms with Crippen molar-refractivity contribution in [3.05, 3.63) is 35.9 Å². The van der Waals surface area contributed by atoms with Gasteiger partial charge in [0, 0.05) is 0 Å². The minimum atomic E-state index is -1.05. The third-order valence-corrected chi connectivity index (χ3v) is 3.48. The molecule has 5 nitrogen and oxygen atoms in total. The van der Waals surface area contributed by atoms with Crippen molar-refractivity contribution in [1.82, 2.24) is 10.6 Å². The lowest BCUT2D eigenvalue weighted by Crippen LogP contribution is -2.46. The molecule has 1 aromatic carbocycles. The zero-order chi connectivity index (χ0) is 13.8. The Balaban J connectivity index is 2.09. The molecule has 19 heavy (non-hydrogen) atoms. The van der Waals surface area contributed by atoms with E-state index in [0.29, 0.717) is 5.56 Å². The summed E-state index contributed by atoms with van der Waals surface area (Å²) in [4.78, 5) is 23.4. The van der Waals surface area contributed by atoms with Crippen LogP contribution < -0.4 is 10.6 Å². The molecule has 1 aromatic rings. The van der Waals surface area contributed by atoms with E-state index in [1.165, 1.54) is 0 Å². The maximum atomic E-state index is 12.1. The van der Waals surface area contributed by atoms with E-state index in [2.05, 4.69) is 10.6 Å². The number of benzene rings is 1. The van der Waals surface area contributed by atoms with Gasteiger partial charge >= 0.3 is 5.97 Å². The van der Waals surface area contributed by atoms with E-state index in [1.54, 1.807) is 24.3 Å².